The van der Waals surface area contributed by atoms with E-state index in [1.807, 2.05) is 27.7 Å². The maximum Gasteiger partial charge on any atom is 0.330 e. The Labute approximate surface area is 384 Å². The quantitative estimate of drug-likeness (QED) is 0.0553. The Kier molecular flexibility index (Phi) is 38.7. The summed E-state index contributed by atoms with van der Waals surface area (Å²) in [5.41, 5.74) is -2.64. The third-order valence-corrected chi connectivity index (χ3v) is 8.76. The van der Waals surface area contributed by atoms with E-state index in [0.717, 1.165) is 75.7 Å². The van der Waals surface area contributed by atoms with Crippen LogP contribution < -0.4 is 5.32 Å². The molecule has 0 unspecified atom stereocenters. The lowest BCUT2D eigenvalue weighted by atomic mass is 9.92. The molecule has 65 heavy (non-hydrogen) atoms. The number of ether oxygens (including phenoxy) is 8. The largest absolute Gasteiger partial charge is 0.465 e. The Morgan fingerprint density at radius 2 is 0.585 bits per heavy atom. The minimum Gasteiger partial charge on any atom is -0.465 e. The monoisotopic (exact) mass is 923 g/mol. The highest BCUT2D eigenvalue weighted by Gasteiger charge is 2.39. The van der Waals surface area contributed by atoms with Gasteiger partial charge in [0.25, 0.3) is 0 Å². The van der Waals surface area contributed by atoms with Crippen molar-refractivity contribution in [1.29, 1.82) is 0 Å². The molecule has 0 bridgehead atoms. The van der Waals surface area contributed by atoms with Crippen LogP contribution in [0.5, 0.6) is 0 Å². The van der Waals surface area contributed by atoms with E-state index in [0.29, 0.717) is 13.1 Å². The van der Waals surface area contributed by atoms with Crippen molar-refractivity contribution in [3.63, 3.8) is 0 Å². The molecule has 19 heteroatoms. The average molecular weight is 924 g/mol. The summed E-state index contributed by atoms with van der Waals surface area (Å²) in [7, 11) is 0. The lowest BCUT2D eigenvalue weighted by Crippen LogP contribution is -2.44. The molecule has 0 saturated heterocycles. The first kappa shape index (κ1) is 63.4. The van der Waals surface area contributed by atoms with E-state index in [1.54, 1.807) is 0 Å². The molecule has 1 N–H and O–H groups in total. The minimum atomic E-state index is -1.34. The molecule has 0 aliphatic heterocycles. The van der Waals surface area contributed by atoms with Crippen LogP contribution in [0.3, 0.4) is 0 Å². The van der Waals surface area contributed by atoms with Crippen molar-refractivity contribution >= 4 is 47.8 Å². The van der Waals surface area contributed by atoms with Crippen LogP contribution in [0.4, 0.5) is 0 Å². The maximum atomic E-state index is 12.4. The molecular formula is C46H73N3O16. The number of esters is 8. The first-order chi connectivity index (χ1) is 30.9. The molecule has 0 saturated carbocycles. The highest BCUT2D eigenvalue weighted by molar-refractivity contribution is 5.83. The van der Waals surface area contributed by atoms with Crippen molar-refractivity contribution in [2.75, 3.05) is 105 Å². The topological polar surface area (TPSA) is 229 Å². The molecule has 368 valence electrons. The number of nitrogens with zero attached hydrogens (tertiary/aromatic N) is 2. The normalized spacial score (nSPS) is 10.5. The Bertz CT molecular complexity index is 1360. The highest BCUT2D eigenvalue weighted by Crippen LogP contribution is 2.23. The van der Waals surface area contributed by atoms with Crippen LogP contribution in [0.25, 0.3) is 0 Å². The van der Waals surface area contributed by atoms with Gasteiger partial charge in [0.15, 0.2) is 0 Å². The van der Waals surface area contributed by atoms with Gasteiger partial charge in [-0.2, -0.15) is 0 Å². The molecular weight excluding hydrogens is 851 g/mol. The number of carbonyl (C=O) groups excluding carboxylic acids is 8. The zero-order chi connectivity index (χ0) is 50.1. The number of hydrogen-bond donors (Lipinski definition) is 1. The van der Waals surface area contributed by atoms with Gasteiger partial charge in [-0.05, 0) is 39.3 Å². The fourth-order valence-electron chi connectivity index (χ4n) is 4.64. The van der Waals surface area contributed by atoms with Crippen LogP contribution in [-0.2, 0) is 76.3 Å². The van der Waals surface area contributed by atoms with E-state index in [2.05, 4.69) is 68.4 Å². The Morgan fingerprint density at radius 3 is 0.738 bits per heavy atom. The second kappa shape index (κ2) is 39.7. The van der Waals surface area contributed by atoms with E-state index in [9.17, 15) is 38.4 Å². The fourth-order valence-corrected chi connectivity index (χ4v) is 4.64. The Morgan fingerprint density at radius 1 is 0.385 bits per heavy atom. The zero-order valence-electron chi connectivity index (χ0n) is 39.4. The van der Waals surface area contributed by atoms with E-state index in [-0.39, 0.29) is 65.7 Å². The lowest BCUT2D eigenvalue weighted by molar-refractivity contribution is -0.169. The molecule has 0 aromatic heterocycles. The van der Waals surface area contributed by atoms with Gasteiger partial charge < -0.3 is 53.0 Å². The zero-order valence-corrected chi connectivity index (χ0v) is 39.4. The van der Waals surface area contributed by atoms with Crippen molar-refractivity contribution in [2.45, 2.75) is 54.4 Å². The lowest BCUT2D eigenvalue weighted by Gasteiger charge is -2.31. The third kappa shape index (κ3) is 33.3. The van der Waals surface area contributed by atoms with Gasteiger partial charge in [0.2, 0.25) is 0 Å². The predicted octanol–water partition coefficient (Wildman–Crippen LogP) is 3.49. The average Bonchev–Trinajstić information content (AvgIpc) is 3.33. The maximum absolute atomic E-state index is 12.4. The number of hydrogen-bond acceptors (Lipinski definition) is 19. The highest BCUT2D eigenvalue weighted by atomic mass is 16.6. The fraction of sp³-hybridized carbons (Fsp3) is 0.565. The second-order valence-corrected chi connectivity index (χ2v) is 13.7. The molecule has 0 atom stereocenters. The molecule has 0 amide bonds. The molecule has 19 nitrogen and oxygen atoms in total. The smallest absolute Gasteiger partial charge is 0.330 e. The van der Waals surface area contributed by atoms with Crippen LogP contribution in [0.2, 0.25) is 0 Å². The second-order valence-electron chi connectivity index (χ2n) is 13.7. The van der Waals surface area contributed by atoms with E-state index < -0.39 is 58.6 Å². The summed E-state index contributed by atoms with van der Waals surface area (Å²) in [5.74, 6) is -5.42. The van der Waals surface area contributed by atoms with Gasteiger partial charge in [0.1, 0.15) is 63.7 Å². The summed E-state index contributed by atoms with van der Waals surface area (Å²) in [4.78, 5) is 97.7. The molecule has 0 aliphatic rings. The van der Waals surface area contributed by atoms with Crippen LogP contribution in [0.1, 0.15) is 54.4 Å². The molecule has 0 aromatic rings. The van der Waals surface area contributed by atoms with Crippen LogP contribution >= 0.6 is 0 Å². The van der Waals surface area contributed by atoms with Crippen molar-refractivity contribution in [3.05, 3.63) is 75.9 Å². The molecule has 0 aliphatic carbocycles. The summed E-state index contributed by atoms with van der Waals surface area (Å²) in [6.45, 7) is 35.6. The number of carbonyl (C=O) groups is 8. The predicted molar refractivity (Wildman–Crippen MR) is 243 cm³/mol. The standard InChI is InChI=1S/C25H42N2O8.C17H20O8.C4H11N/c1-7-21(28)32-17-25(18-33-22(29)8-2,19-34-23(30)13-15-26(9-3)10-4)20-35-24(31)14-16-27(11-5)12-6;1-5-13(18)22-9-17(10-23-14(19)6-2,11-24-15(20)7-3)12-25-16(21)8-4;1-3-5-4-2/h7-8H,1-2,9-20H2,3-6H3;5-8H,1-4,9-12H2;5H,3-4H2,1-2H3. The molecule has 0 heterocycles. The van der Waals surface area contributed by atoms with Gasteiger partial charge in [0, 0.05) is 49.5 Å². The SMILES string of the molecule is C=CC(=O)OCC(COC(=O)C=C)(COC(=O)C=C)COC(=O)C=C.C=CC(=O)OCC(COC(=O)C=C)(COC(=O)CCN(CC)CC)COC(=O)CCN(CC)CC.CCNCC. The van der Waals surface area contributed by atoms with E-state index in [4.69, 9.17) is 37.9 Å². The van der Waals surface area contributed by atoms with Gasteiger partial charge >= 0.3 is 47.8 Å². The van der Waals surface area contributed by atoms with E-state index in [1.165, 1.54) is 0 Å². The molecule has 0 fully saturated rings. The van der Waals surface area contributed by atoms with Crippen molar-refractivity contribution < 1.29 is 76.3 Å². The van der Waals surface area contributed by atoms with Gasteiger partial charge in [-0.25, -0.2) is 28.8 Å². The first-order valence-electron chi connectivity index (χ1n) is 21.1. The van der Waals surface area contributed by atoms with Crippen molar-refractivity contribution in [1.82, 2.24) is 15.1 Å². The molecule has 0 radical (unpaired) electrons. The summed E-state index contributed by atoms with van der Waals surface area (Å²) in [6, 6.07) is 0. The Hall–Kier alpha value is -5.92. The molecule has 0 rings (SSSR count). The summed E-state index contributed by atoms with van der Waals surface area (Å²) in [5, 5.41) is 3.11. The first-order valence-corrected chi connectivity index (χ1v) is 21.1. The summed E-state index contributed by atoms with van der Waals surface area (Å²) in [6.07, 6.45) is 5.95. The van der Waals surface area contributed by atoms with Crippen LogP contribution in [-0.4, -0.2) is 163 Å². The van der Waals surface area contributed by atoms with Gasteiger partial charge in [0.05, 0.1) is 12.8 Å². The molecule has 0 aromatic carbocycles. The Balaban J connectivity index is -0.00000112. The van der Waals surface area contributed by atoms with E-state index >= 15 is 0 Å². The minimum absolute atomic E-state index is 0.153. The number of nitrogens with one attached hydrogen (secondary N) is 1. The third-order valence-electron chi connectivity index (χ3n) is 8.76. The summed E-state index contributed by atoms with van der Waals surface area (Å²) >= 11 is 0. The summed E-state index contributed by atoms with van der Waals surface area (Å²) < 4.78 is 41.0. The van der Waals surface area contributed by atoms with Crippen LogP contribution in [0, 0.1) is 10.8 Å². The van der Waals surface area contributed by atoms with Crippen molar-refractivity contribution in [2.24, 2.45) is 10.8 Å². The van der Waals surface area contributed by atoms with Gasteiger partial charge in [-0.3, -0.25) is 9.59 Å². The molecule has 0 spiro atoms. The van der Waals surface area contributed by atoms with Crippen molar-refractivity contribution in [3.8, 4) is 0 Å². The van der Waals surface area contributed by atoms with Gasteiger partial charge in [-0.1, -0.05) is 81.0 Å². The van der Waals surface area contributed by atoms with Crippen LogP contribution in [0.15, 0.2) is 75.9 Å². The number of rotatable bonds is 34. The van der Waals surface area contributed by atoms with Gasteiger partial charge in [-0.15, -0.1) is 0 Å².